The largest absolute Gasteiger partial charge is 0.387 e. The molecule has 0 radical (unpaired) electrons. The summed E-state index contributed by atoms with van der Waals surface area (Å²) >= 11 is 0. The summed E-state index contributed by atoms with van der Waals surface area (Å²) in [4.78, 5) is -0.221. The van der Waals surface area contributed by atoms with Crippen LogP contribution in [0.4, 0.5) is 0 Å². The summed E-state index contributed by atoms with van der Waals surface area (Å²) < 4.78 is 32.5. The molecule has 0 bridgehead atoms. The zero-order valence-electron chi connectivity index (χ0n) is 10.8. The Morgan fingerprint density at radius 2 is 2.15 bits per heavy atom. The molecule has 0 aliphatic carbocycles. The van der Waals surface area contributed by atoms with Crippen molar-refractivity contribution in [3.63, 3.8) is 0 Å². The highest BCUT2D eigenvalue weighted by atomic mass is 32.2. The second-order valence-electron chi connectivity index (χ2n) is 4.36. The fourth-order valence-electron chi connectivity index (χ4n) is 1.76. The van der Waals surface area contributed by atoms with Crippen molar-refractivity contribution >= 4 is 10.1 Å². The number of aliphatic hydroxyl groups is 1. The number of aromatic nitrogens is 3. The molecule has 0 aliphatic rings. The Kier molecular flexibility index (Phi) is 4.17. The van der Waals surface area contributed by atoms with Gasteiger partial charge in [0, 0.05) is 0 Å². The molecule has 20 heavy (non-hydrogen) atoms. The first kappa shape index (κ1) is 14.6. The Hall–Kier alpha value is -1.77. The van der Waals surface area contributed by atoms with Crippen LogP contribution in [0.1, 0.15) is 31.6 Å². The van der Waals surface area contributed by atoms with Gasteiger partial charge in [-0.3, -0.25) is 4.55 Å². The predicted molar refractivity (Wildman–Crippen MR) is 71.0 cm³/mol. The third-order valence-electron chi connectivity index (χ3n) is 2.79. The molecular weight excluding hydrogens is 282 g/mol. The van der Waals surface area contributed by atoms with Crippen LogP contribution >= 0.6 is 0 Å². The molecule has 2 N–H and O–H groups in total. The molecule has 8 heteroatoms. The molecule has 0 amide bonds. The lowest BCUT2D eigenvalue weighted by Gasteiger charge is -2.04. The molecule has 0 fully saturated rings. The van der Waals surface area contributed by atoms with Crippen LogP contribution in [-0.4, -0.2) is 33.1 Å². The Labute approximate surface area is 116 Å². The van der Waals surface area contributed by atoms with E-state index in [1.807, 2.05) is 6.92 Å². The lowest BCUT2D eigenvalue weighted by Crippen LogP contribution is -2.01. The SMILES string of the molecule is CCC[C@H](O)c1cn(-c2cccc(S(=O)(=O)O)c2)nn1. The van der Waals surface area contributed by atoms with Crippen LogP contribution in [0.5, 0.6) is 0 Å². The molecular formula is C12H15N3O4S. The van der Waals surface area contributed by atoms with Crippen molar-refractivity contribution in [3.8, 4) is 5.69 Å². The maximum atomic E-state index is 11.1. The highest BCUT2D eigenvalue weighted by Crippen LogP contribution is 2.18. The van der Waals surface area contributed by atoms with E-state index in [2.05, 4.69) is 10.3 Å². The minimum absolute atomic E-state index is 0.221. The van der Waals surface area contributed by atoms with Crippen LogP contribution in [0, 0.1) is 0 Å². The van der Waals surface area contributed by atoms with Gasteiger partial charge in [0.05, 0.1) is 22.9 Å². The van der Waals surface area contributed by atoms with E-state index in [0.717, 1.165) is 6.42 Å². The fourth-order valence-corrected chi connectivity index (χ4v) is 2.28. The number of aliphatic hydroxyl groups excluding tert-OH is 1. The number of rotatable bonds is 5. The third-order valence-corrected chi connectivity index (χ3v) is 3.64. The number of hydrogen-bond acceptors (Lipinski definition) is 5. The maximum Gasteiger partial charge on any atom is 0.294 e. The Balaban J connectivity index is 2.33. The number of nitrogens with zero attached hydrogens (tertiary/aromatic N) is 3. The molecule has 1 atom stereocenters. The van der Waals surface area contributed by atoms with Gasteiger partial charge >= 0.3 is 0 Å². The summed E-state index contributed by atoms with van der Waals surface area (Å²) in [5.74, 6) is 0. The van der Waals surface area contributed by atoms with Crippen molar-refractivity contribution in [2.24, 2.45) is 0 Å². The molecule has 0 saturated carbocycles. The minimum Gasteiger partial charge on any atom is -0.387 e. The van der Waals surface area contributed by atoms with Crippen LogP contribution in [0.15, 0.2) is 35.4 Å². The van der Waals surface area contributed by atoms with E-state index in [-0.39, 0.29) is 4.90 Å². The highest BCUT2D eigenvalue weighted by Gasteiger charge is 2.14. The monoisotopic (exact) mass is 297 g/mol. The van der Waals surface area contributed by atoms with Crippen molar-refractivity contribution in [2.75, 3.05) is 0 Å². The predicted octanol–water partition coefficient (Wildman–Crippen LogP) is 1.35. The van der Waals surface area contributed by atoms with Crippen molar-refractivity contribution in [1.82, 2.24) is 15.0 Å². The molecule has 1 aromatic heterocycles. The third kappa shape index (κ3) is 3.21. The average Bonchev–Trinajstić information content (AvgIpc) is 2.88. The topological polar surface area (TPSA) is 105 Å². The Morgan fingerprint density at radius 3 is 2.80 bits per heavy atom. The van der Waals surface area contributed by atoms with Crippen molar-refractivity contribution in [3.05, 3.63) is 36.2 Å². The van der Waals surface area contributed by atoms with Gasteiger partial charge in [-0.15, -0.1) is 5.10 Å². The maximum absolute atomic E-state index is 11.1. The molecule has 0 saturated heterocycles. The summed E-state index contributed by atoms with van der Waals surface area (Å²) in [7, 11) is -4.26. The molecule has 0 aliphatic heterocycles. The van der Waals surface area contributed by atoms with Gasteiger partial charge in [-0.25, -0.2) is 4.68 Å². The average molecular weight is 297 g/mol. The second kappa shape index (κ2) is 5.70. The van der Waals surface area contributed by atoms with Crippen LogP contribution in [-0.2, 0) is 10.1 Å². The first-order chi connectivity index (χ1) is 9.41. The van der Waals surface area contributed by atoms with Gasteiger partial charge < -0.3 is 5.11 Å². The normalized spacial score (nSPS) is 13.3. The van der Waals surface area contributed by atoms with Crippen molar-refractivity contribution in [1.29, 1.82) is 0 Å². The second-order valence-corrected chi connectivity index (χ2v) is 5.79. The van der Waals surface area contributed by atoms with E-state index in [1.165, 1.54) is 29.1 Å². The van der Waals surface area contributed by atoms with E-state index >= 15 is 0 Å². The van der Waals surface area contributed by atoms with Crippen molar-refractivity contribution < 1.29 is 18.1 Å². The molecule has 1 aromatic carbocycles. The molecule has 0 spiro atoms. The van der Waals surface area contributed by atoms with E-state index in [1.54, 1.807) is 6.07 Å². The van der Waals surface area contributed by atoms with Gasteiger partial charge in [0.25, 0.3) is 10.1 Å². The van der Waals surface area contributed by atoms with Crippen LogP contribution < -0.4 is 0 Å². The molecule has 7 nitrogen and oxygen atoms in total. The molecule has 108 valence electrons. The van der Waals surface area contributed by atoms with Crippen LogP contribution in [0.2, 0.25) is 0 Å². The summed E-state index contributed by atoms with van der Waals surface area (Å²) in [6, 6.07) is 5.67. The summed E-state index contributed by atoms with van der Waals surface area (Å²) in [6.07, 6.45) is 2.22. The minimum atomic E-state index is -4.26. The smallest absolute Gasteiger partial charge is 0.294 e. The lowest BCUT2D eigenvalue weighted by molar-refractivity contribution is 0.161. The van der Waals surface area contributed by atoms with E-state index < -0.39 is 16.2 Å². The first-order valence-electron chi connectivity index (χ1n) is 6.10. The van der Waals surface area contributed by atoms with Gasteiger partial charge in [-0.05, 0) is 24.6 Å². The van der Waals surface area contributed by atoms with E-state index in [9.17, 15) is 13.5 Å². The number of hydrogen-bond donors (Lipinski definition) is 2. The number of benzene rings is 1. The first-order valence-corrected chi connectivity index (χ1v) is 7.54. The summed E-state index contributed by atoms with van der Waals surface area (Å²) in [5, 5.41) is 17.5. The van der Waals surface area contributed by atoms with E-state index in [0.29, 0.717) is 17.8 Å². The lowest BCUT2D eigenvalue weighted by atomic mass is 10.2. The fraction of sp³-hybridized carbons (Fsp3) is 0.333. The van der Waals surface area contributed by atoms with Gasteiger partial charge in [-0.2, -0.15) is 8.42 Å². The Morgan fingerprint density at radius 1 is 1.40 bits per heavy atom. The zero-order chi connectivity index (χ0) is 14.8. The molecule has 2 aromatic rings. The van der Waals surface area contributed by atoms with Gasteiger partial charge in [0.1, 0.15) is 5.69 Å². The van der Waals surface area contributed by atoms with E-state index in [4.69, 9.17) is 4.55 Å². The summed E-state index contributed by atoms with van der Waals surface area (Å²) in [5.41, 5.74) is 0.853. The molecule has 0 unspecified atom stereocenters. The standard InChI is InChI=1S/C12H15N3O4S/c1-2-4-12(16)11-8-15(14-13-11)9-5-3-6-10(7-9)20(17,18)19/h3,5-8,12,16H,2,4H2,1H3,(H,17,18,19)/t12-/m0/s1. The molecule has 2 rings (SSSR count). The van der Waals surface area contributed by atoms with Crippen molar-refractivity contribution in [2.45, 2.75) is 30.8 Å². The quantitative estimate of drug-likeness (QED) is 0.807. The van der Waals surface area contributed by atoms with Crippen LogP contribution in [0.25, 0.3) is 5.69 Å². The molecule has 1 heterocycles. The van der Waals surface area contributed by atoms with Gasteiger partial charge in [0.15, 0.2) is 0 Å². The Bertz CT molecular complexity index is 696. The van der Waals surface area contributed by atoms with Crippen LogP contribution in [0.3, 0.4) is 0 Å². The highest BCUT2D eigenvalue weighted by molar-refractivity contribution is 7.85. The van der Waals surface area contributed by atoms with Gasteiger partial charge in [0.2, 0.25) is 0 Å². The zero-order valence-corrected chi connectivity index (χ0v) is 11.7. The van der Waals surface area contributed by atoms with Gasteiger partial charge in [-0.1, -0.05) is 24.6 Å². The summed E-state index contributed by atoms with van der Waals surface area (Å²) in [6.45, 7) is 1.95.